The van der Waals surface area contributed by atoms with E-state index in [2.05, 4.69) is 0 Å². The van der Waals surface area contributed by atoms with Crippen LogP contribution in [0.25, 0.3) is 0 Å². The first-order valence-electron chi connectivity index (χ1n) is 9.44. The van der Waals surface area contributed by atoms with E-state index in [1.807, 2.05) is 0 Å². The molecule has 0 N–H and O–H groups in total. The minimum atomic E-state index is -3.22. The molecule has 1 heterocycles. The van der Waals surface area contributed by atoms with Crippen LogP contribution in [0, 0.1) is 0 Å². The average Bonchev–Trinajstić information content (AvgIpc) is 3.10. The Kier molecular flexibility index (Phi) is 7.24. The lowest BCUT2D eigenvalue weighted by Gasteiger charge is -2.29. The Labute approximate surface area is 191 Å². The zero-order valence-electron chi connectivity index (χ0n) is 17.4. The second kappa shape index (κ2) is 9.54. The van der Waals surface area contributed by atoms with Gasteiger partial charge in [-0.3, -0.25) is 4.79 Å². The lowest BCUT2D eigenvalue weighted by Crippen LogP contribution is -2.40. The van der Waals surface area contributed by atoms with Crippen molar-refractivity contribution in [3.63, 3.8) is 0 Å². The molecule has 31 heavy (non-hydrogen) atoms. The van der Waals surface area contributed by atoms with E-state index >= 15 is 0 Å². The topological polar surface area (TPSA) is 82.1 Å². The summed E-state index contributed by atoms with van der Waals surface area (Å²) in [6.07, 6.45) is 0.351. The highest BCUT2D eigenvalue weighted by atomic mass is 35.5. The number of rotatable bonds is 7. The van der Waals surface area contributed by atoms with E-state index in [0.717, 1.165) is 0 Å². The van der Waals surface area contributed by atoms with Crippen LogP contribution in [0.3, 0.4) is 0 Å². The molecule has 0 bridgehead atoms. The highest BCUT2D eigenvalue weighted by Gasteiger charge is 2.36. The number of hydrogen-bond acceptors (Lipinski definition) is 6. The molecule has 1 aliphatic heterocycles. The van der Waals surface area contributed by atoms with Crippen molar-refractivity contribution in [2.24, 2.45) is 0 Å². The summed E-state index contributed by atoms with van der Waals surface area (Å²) >= 11 is 12.3. The third-order valence-electron chi connectivity index (χ3n) is 5.18. The van der Waals surface area contributed by atoms with Gasteiger partial charge in [0.15, 0.2) is 21.3 Å². The van der Waals surface area contributed by atoms with Gasteiger partial charge in [0, 0.05) is 28.2 Å². The fourth-order valence-electron chi connectivity index (χ4n) is 3.59. The van der Waals surface area contributed by atoms with E-state index in [1.165, 1.54) is 26.2 Å². The van der Waals surface area contributed by atoms with Crippen molar-refractivity contribution in [3.05, 3.63) is 51.5 Å². The standard InChI is InChI=1S/C21H23Cl2NO6S/c1-28-18-8-14(9-19(29-2)20(18)30-3)21(25)24(16-6-7-31(26,27)12-16)11-13-4-5-15(22)10-17(13)23/h4-5,8-10,16H,6-7,11-12H2,1-3H3. The van der Waals surface area contributed by atoms with Gasteiger partial charge in [0.05, 0.1) is 32.8 Å². The minimum absolute atomic E-state index is 0.0328. The van der Waals surface area contributed by atoms with Gasteiger partial charge in [0.1, 0.15) is 0 Å². The second-order valence-electron chi connectivity index (χ2n) is 7.14. The maximum Gasteiger partial charge on any atom is 0.254 e. The molecule has 2 aromatic carbocycles. The van der Waals surface area contributed by atoms with Crippen LogP contribution in [0.5, 0.6) is 17.2 Å². The van der Waals surface area contributed by atoms with Gasteiger partial charge >= 0.3 is 0 Å². The summed E-state index contributed by atoms with van der Waals surface area (Å²) in [4.78, 5) is 15.1. The molecule has 1 saturated heterocycles. The van der Waals surface area contributed by atoms with Gasteiger partial charge in [0.25, 0.3) is 5.91 Å². The van der Waals surface area contributed by atoms with Gasteiger partial charge in [-0.15, -0.1) is 0 Å². The Bertz CT molecular complexity index is 1060. The fourth-order valence-corrected chi connectivity index (χ4v) is 5.79. The van der Waals surface area contributed by atoms with Gasteiger partial charge < -0.3 is 19.1 Å². The summed E-state index contributed by atoms with van der Waals surface area (Å²) in [5, 5.41) is 0.871. The smallest absolute Gasteiger partial charge is 0.254 e. The number of sulfone groups is 1. The van der Waals surface area contributed by atoms with E-state index in [4.69, 9.17) is 37.4 Å². The molecular formula is C21H23Cl2NO6S. The molecule has 0 radical (unpaired) electrons. The zero-order chi connectivity index (χ0) is 22.8. The Balaban J connectivity index is 2.03. The number of methoxy groups -OCH3 is 3. The summed E-state index contributed by atoms with van der Waals surface area (Å²) in [6.45, 7) is 0.131. The predicted octanol–water partition coefficient (Wildman–Crippen LogP) is 3.85. The van der Waals surface area contributed by atoms with E-state index in [0.29, 0.717) is 39.3 Å². The van der Waals surface area contributed by atoms with Crippen LogP contribution in [-0.2, 0) is 16.4 Å². The number of hydrogen-bond donors (Lipinski definition) is 0. The van der Waals surface area contributed by atoms with Crippen LogP contribution < -0.4 is 14.2 Å². The number of carbonyl (C=O) groups excluding carboxylic acids is 1. The molecule has 1 fully saturated rings. The van der Waals surface area contributed by atoms with Crippen molar-refractivity contribution in [3.8, 4) is 17.2 Å². The summed E-state index contributed by atoms with van der Waals surface area (Å²) in [5.41, 5.74) is 0.944. The quantitative estimate of drug-likeness (QED) is 0.589. The van der Waals surface area contributed by atoms with Crippen LogP contribution in [-0.4, -0.2) is 58.1 Å². The Morgan fingerprint density at radius 1 is 1.06 bits per heavy atom. The monoisotopic (exact) mass is 487 g/mol. The average molecular weight is 488 g/mol. The first kappa shape index (κ1) is 23.5. The van der Waals surface area contributed by atoms with Crippen molar-refractivity contribution >= 4 is 38.9 Å². The van der Waals surface area contributed by atoms with Crippen LogP contribution in [0.4, 0.5) is 0 Å². The van der Waals surface area contributed by atoms with Gasteiger partial charge in [-0.2, -0.15) is 0 Å². The maximum absolute atomic E-state index is 13.6. The molecule has 0 aromatic heterocycles. The van der Waals surface area contributed by atoms with Gasteiger partial charge in [-0.25, -0.2) is 8.42 Å². The summed E-state index contributed by atoms with van der Waals surface area (Å²) in [5.74, 6) is 0.575. The van der Waals surface area contributed by atoms with E-state index in [-0.39, 0.29) is 29.5 Å². The SMILES string of the molecule is COc1cc(C(=O)N(Cc2ccc(Cl)cc2Cl)C2CCS(=O)(=O)C2)cc(OC)c1OC. The highest BCUT2D eigenvalue weighted by molar-refractivity contribution is 7.91. The van der Waals surface area contributed by atoms with Crippen LogP contribution in [0.15, 0.2) is 30.3 Å². The second-order valence-corrected chi connectivity index (χ2v) is 10.2. The zero-order valence-corrected chi connectivity index (χ0v) is 19.7. The van der Waals surface area contributed by atoms with Gasteiger partial charge in [-0.05, 0) is 36.2 Å². The Morgan fingerprint density at radius 3 is 2.19 bits per heavy atom. The van der Waals surface area contributed by atoms with Gasteiger partial charge in [0.2, 0.25) is 5.75 Å². The number of benzene rings is 2. The van der Waals surface area contributed by atoms with E-state index in [1.54, 1.807) is 30.3 Å². The molecule has 1 aliphatic rings. The lowest BCUT2D eigenvalue weighted by atomic mass is 10.1. The molecule has 168 valence electrons. The number of nitrogens with zero attached hydrogens (tertiary/aromatic N) is 1. The molecule has 0 aliphatic carbocycles. The van der Waals surface area contributed by atoms with E-state index < -0.39 is 15.9 Å². The van der Waals surface area contributed by atoms with E-state index in [9.17, 15) is 13.2 Å². The van der Waals surface area contributed by atoms with Crippen molar-refractivity contribution in [2.45, 2.75) is 19.0 Å². The Morgan fingerprint density at radius 2 is 1.71 bits per heavy atom. The Hall–Kier alpha value is -2.16. The largest absolute Gasteiger partial charge is 0.493 e. The number of amides is 1. The molecule has 1 amide bonds. The maximum atomic E-state index is 13.6. The highest BCUT2D eigenvalue weighted by Crippen LogP contribution is 2.39. The molecule has 1 unspecified atom stereocenters. The van der Waals surface area contributed by atoms with Crippen LogP contribution in [0.1, 0.15) is 22.3 Å². The molecule has 7 nitrogen and oxygen atoms in total. The summed E-state index contributed by atoms with van der Waals surface area (Å²) in [6, 6.07) is 7.60. The lowest BCUT2D eigenvalue weighted by molar-refractivity contribution is 0.0680. The van der Waals surface area contributed by atoms with Crippen molar-refractivity contribution in [1.29, 1.82) is 0 Å². The predicted molar refractivity (Wildman–Crippen MR) is 119 cm³/mol. The molecule has 10 heteroatoms. The van der Waals surface area contributed by atoms with Crippen LogP contribution >= 0.6 is 23.2 Å². The normalized spacial score (nSPS) is 17.3. The van der Waals surface area contributed by atoms with Crippen molar-refractivity contribution < 1.29 is 27.4 Å². The minimum Gasteiger partial charge on any atom is -0.493 e. The van der Waals surface area contributed by atoms with Gasteiger partial charge in [-0.1, -0.05) is 29.3 Å². The molecule has 2 aromatic rings. The fraction of sp³-hybridized carbons (Fsp3) is 0.381. The molecule has 0 spiro atoms. The van der Waals surface area contributed by atoms with Crippen molar-refractivity contribution in [2.75, 3.05) is 32.8 Å². The number of carbonyl (C=O) groups is 1. The summed E-state index contributed by atoms with van der Waals surface area (Å²) < 4.78 is 40.3. The van der Waals surface area contributed by atoms with Crippen LogP contribution in [0.2, 0.25) is 10.0 Å². The molecule has 0 saturated carbocycles. The number of ether oxygens (including phenoxy) is 3. The first-order chi connectivity index (χ1) is 14.7. The third kappa shape index (κ3) is 5.19. The number of halogens is 2. The molecular weight excluding hydrogens is 465 g/mol. The third-order valence-corrected chi connectivity index (χ3v) is 7.51. The molecule has 1 atom stereocenters. The first-order valence-corrected chi connectivity index (χ1v) is 12.0. The molecule has 3 rings (SSSR count). The van der Waals surface area contributed by atoms with Crippen molar-refractivity contribution in [1.82, 2.24) is 4.90 Å². The summed E-state index contributed by atoms with van der Waals surface area (Å²) in [7, 11) is 1.17.